The molecule has 1 atom stereocenters. The molecule has 0 bridgehead atoms. The second-order valence-electron chi connectivity index (χ2n) is 7.83. The van der Waals surface area contributed by atoms with Crippen molar-refractivity contribution >= 4 is 11.9 Å². The number of nitrogens with zero attached hydrogens (tertiary/aromatic N) is 3. The Balaban J connectivity index is 1.38. The molecule has 1 aromatic carbocycles. The Bertz CT molecular complexity index is 730. The highest BCUT2D eigenvalue weighted by Gasteiger charge is 2.31. The third-order valence-corrected chi connectivity index (χ3v) is 5.86. The van der Waals surface area contributed by atoms with E-state index in [2.05, 4.69) is 20.5 Å². The van der Waals surface area contributed by atoms with E-state index in [1.165, 1.54) is 18.6 Å². The van der Waals surface area contributed by atoms with Gasteiger partial charge in [-0.15, -0.1) is 0 Å². The van der Waals surface area contributed by atoms with Gasteiger partial charge in [0.15, 0.2) is 5.96 Å². The Kier molecular flexibility index (Phi) is 7.41. The molecule has 1 saturated heterocycles. The fourth-order valence-electron chi connectivity index (χ4n) is 3.77. The van der Waals surface area contributed by atoms with Gasteiger partial charge < -0.3 is 15.5 Å². The predicted molar refractivity (Wildman–Crippen MR) is 110 cm³/mol. The average molecular weight is 408 g/mol. The van der Waals surface area contributed by atoms with Crippen molar-refractivity contribution in [1.29, 1.82) is 0 Å². The molecular formula is C21H31F2N5O. The van der Waals surface area contributed by atoms with Crippen LogP contribution in [0.15, 0.2) is 23.2 Å². The molecule has 1 heterocycles. The van der Waals surface area contributed by atoms with Crippen LogP contribution in [-0.2, 0) is 4.79 Å². The zero-order chi connectivity index (χ0) is 20.8. The van der Waals surface area contributed by atoms with E-state index in [9.17, 15) is 13.6 Å². The summed E-state index contributed by atoms with van der Waals surface area (Å²) in [5.74, 6) is 0.0106. The van der Waals surface area contributed by atoms with Gasteiger partial charge in [0.25, 0.3) is 0 Å². The third-order valence-electron chi connectivity index (χ3n) is 5.86. The Morgan fingerprint density at radius 1 is 1.24 bits per heavy atom. The van der Waals surface area contributed by atoms with E-state index in [1.807, 2.05) is 11.8 Å². The number of carbonyl (C=O) groups is 1. The van der Waals surface area contributed by atoms with E-state index < -0.39 is 11.6 Å². The summed E-state index contributed by atoms with van der Waals surface area (Å²) in [7, 11) is 1.66. The molecule has 1 unspecified atom stereocenters. The molecule has 1 aliphatic carbocycles. The molecule has 160 valence electrons. The minimum absolute atomic E-state index is 0.269. The van der Waals surface area contributed by atoms with Gasteiger partial charge in [-0.1, -0.05) is 12.5 Å². The van der Waals surface area contributed by atoms with Crippen LogP contribution in [0, 0.1) is 17.6 Å². The van der Waals surface area contributed by atoms with Crippen molar-refractivity contribution in [3.63, 3.8) is 0 Å². The van der Waals surface area contributed by atoms with E-state index in [0.717, 1.165) is 51.6 Å². The number of carbonyl (C=O) groups excluding carboxylic acids is 1. The summed E-state index contributed by atoms with van der Waals surface area (Å²) in [6, 6.07) is 3.24. The number of piperazine rings is 1. The van der Waals surface area contributed by atoms with Crippen LogP contribution < -0.4 is 10.6 Å². The predicted octanol–water partition coefficient (Wildman–Crippen LogP) is 2.14. The molecule has 0 spiro atoms. The minimum atomic E-state index is -0.588. The second kappa shape index (κ2) is 10.0. The summed E-state index contributed by atoms with van der Waals surface area (Å²) in [5.41, 5.74) is 0.390. The van der Waals surface area contributed by atoms with Gasteiger partial charge in [0.2, 0.25) is 5.91 Å². The Morgan fingerprint density at radius 3 is 2.55 bits per heavy atom. The van der Waals surface area contributed by atoms with Crippen LogP contribution in [0.2, 0.25) is 0 Å². The monoisotopic (exact) mass is 407 g/mol. The number of guanidine groups is 1. The zero-order valence-electron chi connectivity index (χ0n) is 17.3. The van der Waals surface area contributed by atoms with E-state index >= 15 is 0 Å². The van der Waals surface area contributed by atoms with Crippen molar-refractivity contribution in [3.8, 4) is 0 Å². The molecule has 1 aliphatic heterocycles. The fourth-order valence-corrected chi connectivity index (χ4v) is 3.77. The molecular weight excluding hydrogens is 376 g/mol. The quantitative estimate of drug-likeness (QED) is 0.560. The highest BCUT2D eigenvalue weighted by molar-refractivity contribution is 5.80. The van der Waals surface area contributed by atoms with Gasteiger partial charge in [-0.3, -0.25) is 14.7 Å². The summed E-state index contributed by atoms with van der Waals surface area (Å²) < 4.78 is 27.0. The molecule has 1 saturated carbocycles. The topological polar surface area (TPSA) is 60.0 Å². The molecule has 0 aromatic heterocycles. The van der Waals surface area contributed by atoms with Crippen LogP contribution in [0.1, 0.15) is 37.8 Å². The van der Waals surface area contributed by atoms with Gasteiger partial charge in [0.05, 0.1) is 6.04 Å². The van der Waals surface area contributed by atoms with Crippen molar-refractivity contribution in [2.75, 3.05) is 46.3 Å². The first-order valence-electron chi connectivity index (χ1n) is 10.4. The Hall–Kier alpha value is -2.22. The first kappa shape index (κ1) is 21.5. The highest BCUT2D eigenvalue weighted by atomic mass is 19.1. The second-order valence-corrected chi connectivity index (χ2v) is 7.83. The van der Waals surface area contributed by atoms with Crippen LogP contribution in [-0.4, -0.2) is 68.0 Å². The molecule has 1 amide bonds. The Labute approximate surface area is 171 Å². The van der Waals surface area contributed by atoms with Gasteiger partial charge >= 0.3 is 0 Å². The third kappa shape index (κ3) is 5.65. The summed E-state index contributed by atoms with van der Waals surface area (Å²) in [5, 5.41) is 6.37. The van der Waals surface area contributed by atoms with E-state index in [4.69, 9.17) is 0 Å². The summed E-state index contributed by atoms with van der Waals surface area (Å²) >= 11 is 0. The fraction of sp³-hybridized carbons (Fsp3) is 0.619. The molecule has 2 N–H and O–H groups in total. The molecule has 29 heavy (non-hydrogen) atoms. The zero-order valence-corrected chi connectivity index (χ0v) is 17.3. The number of hydrogen-bond acceptors (Lipinski definition) is 3. The summed E-state index contributed by atoms with van der Waals surface area (Å²) in [6.45, 7) is 6.68. The van der Waals surface area contributed by atoms with Gasteiger partial charge in [-0.05, 0) is 25.8 Å². The number of nitrogens with one attached hydrogen (secondary N) is 2. The van der Waals surface area contributed by atoms with Gasteiger partial charge in [-0.2, -0.15) is 0 Å². The van der Waals surface area contributed by atoms with E-state index in [1.54, 1.807) is 7.05 Å². The maximum atomic E-state index is 13.9. The van der Waals surface area contributed by atoms with E-state index in [-0.39, 0.29) is 12.0 Å². The van der Waals surface area contributed by atoms with Gasteiger partial charge in [-0.25, -0.2) is 8.78 Å². The van der Waals surface area contributed by atoms with Crippen molar-refractivity contribution in [3.05, 3.63) is 35.4 Å². The van der Waals surface area contributed by atoms with Crippen LogP contribution in [0.25, 0.3) is 0 Å². The lowest BCUT2D eigenvalue weighted by Gasteiger charge is -2.38. The van der Waals surface area contributed by atoms with Gasteiger partial charge in [0, 0.05) is 63.9 Å². The number of amides is 1. The normalized spacial score (nSPS) is 19.6. The number of benzene rings is 1. The molecule has 1 aromatic rings. The number of aliphatic imine (C=N–C) groups is 1. The van der Waals surface area contributed by atoms with Crippen LogP contribution in [0.3, 0.4) is 0 Å². The highest BCUT2D eigenvalue weighted by Crippen LogP contribution is 2.28. The summed E-state index contributed by atoms with van der Waals surface area (Å²) in [6.07, 6.45) is 3.29. The van der Waals surface area contributed by atoms with Gasteiger partial charge in [0.1, 0.15) is 11.6 Å². The molecule has 8 heteroatoms. The molecule has 6 nitrogen and oxygen atoms in total. The number of rotatable bonds is 6. The average Bonchev–Trinajstić information content (AvgIpc) is 2.66. The van der Waals surface area contributed by atoms with E-state index in [0.29, 0.717) is 24.0 Å². The number of halogens is 2. The maximum absolute atomic E-state index is 13.9. The van der Waals surface area contributed by atoms with Crippen molar-refractivity contribution in [2.24, 2.45) is 10.9 Å². The molecule has 0 radical (unpaired) electrons. The van der Waals surface area contributed by atoms with Crippen LogP contribution >= 0.6 is 0 Å². The standard InChI is InChI=1S/C21H31F2N5O/c1-15(18-7-6-17(22)14-19(18)23)26-21(24-2)25-8-9-27-10-12-28(13-11-27)20(29)16-4-3-5-16/h6-7,14-16H,3-5,8-13H2,1-2H3,(H2,24,25,26). The first-order valence-corrected chi connectivity index (χ1v) is 10.4. The molecule has 2 aliphatic rings. The van der Waals surface area contributed by atoms with Crippen molar-refractivity contribution in [1.82, 2.24) is 20.4 Å². The van der Waals surface area contributed by atoms with Crippen molar-refractivity contribution in [2.45, 2.75) is 32.2 Å². The molecule has 2 fully saturated rings. The minimum Gasteiger partial charge on any atom is -0.355 e. The number of hydrogen-bond donors (Lipinski definition) is 2. The largest absolute Gasteiger partial charge is 0.355 e. The lowest BCUT2D eigenvalue weighted by atomic mass is 9.84. The van der Waals surface area contributed by atoms with Crippen molar-refractivity contribution < 1.29 is 13.6 Å². The lowest BCUT2D eigenvalue weighted by Crippen LogP contribution is -2.52. The lowest BCUT2D eigenvalue weighted by molar-refractivity contribution is -0.139. The molecule has 3 rings (SSSR count). The maximum Gasteiger partial charge on any atom is 0.225 e. The smallest absolute Gasteiger partial charge is 0.225 e. The first-order chi connectivity index (χ1) is 14.0. The SMILES string of the molecule is CN=C(NCCN1CCN(C(=O)C2CCC2)CC1)NC(C)c1ccc(F)cc1F. The Morgan fingerprint density at radius 2 is 1.97 bits per heavy atom. The summed E-state index contributed by atoms with van der Waals surface area (Å²) in [4.78, 5) is 20.8. The van der Waals surface area contributed by atoms with Crippen LogP contribution in [0.5, 0.6) is 0 Å². The van der Waals surface area contributed by atoms with Crippen LogP contribution in [0.4, 0.5) is 8.78 Å².